The van der Waals surface area contributed by atoms with Crippen LogP contribution >= 0.6 is 0 Å². The maximum atomic E-state index is 15.2. The number of benzene rings is 3. The van der Waals surface area contributed by atoms with Gasteiger partial charge in [0.05, 0.1) is 0 Å². The summed E-state index contributed by atoms with van der Waals surface area (Å²) in [7, 11) is 0. The maximum absolute atomic E-state index is 15.2. The fourth-order valence-electron chi connectivity index (χ4n) is 5.75. The Morgan fingerprint density at radius 2 is 1.30 bits per heavy atom. The molecule has 0 spiro atoms. The van der Waals surface area contributed by atoms with Gasteiger partial charge in [-0.3, -0.25) is 0 Å². The molecule has 3 aromatic carbocycles. The molecule has 212 valence electrons. The quantitative estimate of drug-likeness (QED) is 0.141. The molecule has 0 bridgehead atoms. The van der Waals surface area contributed by atoms with Crippen LogP contribution in [0.2, 0.25) is 0 Å². The third-order valence-electron chi connectivity index (χ3n) is 8.43. The van der Waals surface area contributed by atoms with E-state index in [1.54, 1.807) is 12.1 Å². The molecule has 0 atom stereocenters. The Bertz CT molecular complexity index is 1240. The number of hydrogen-bond donors (Lipinski definition) is 0. The van der Waals surface area contributed by atoms with Crippen LogP contribution < -0.4 is 0 Å². The molecule has 1 fully saturated rings. The van der Waals surface area contributed by atoms with Crippen molar-refractivity contribution in [3.05, 3.63) is 102 Å². The second-order valence-corrected chi connectivity index (χ2v) is 11.6. The number of aryl methyl sites for hydroxylation is 1. The third kappa shape index (κ3) is 9.01. The van der Waals surface area contributed by atoms with Gasteiger partial charge < -0.3 is 0 Å². The summed E-state index contributed by atoms with van der Waals surface area (Å²) in [6.45, 7) is 6.34. The lowest BCUT2D eigenvalue weighted by Crippen LogP contribution is -2.04. The predicted octanol–water partition coefficient (Wildman–Crippen LogP) is 12.1. The minimum atomic E-state index is -0.327. The van der Waals surface area contributed by atoms with Crippen LogP contribution in [0.1, 0.15) is 102 Å². The zero-order valence-electron chi connectivity index (χ0n) is 24.4. The highest BCUT2D eigenvalue weighted by Crippen LogP contribution is 2.31. The van der Waals surface area contributed by atoms with E-state index in [1.807, 2.05) is 30.3 Å². The van der Waals surface area contributed by atoms with Gasteiger partial charge in [0, 0.05) is 5.56 Å². The van der Waals surface area contributed by atoms with E-state index < -0.39 is 0 Å². The van der Waals surface area contributed by atoms with E-state index >= 15 is 4.39 Å². The van der Waals surface area contributed by atoms with Crippen LogP contribution in [0.15, 0.2) is 78.9 Å². The summed E-state index contributed by atoms with van der Waals surface area (Å²) in [5, 5.41) is 0. The van der Waals surface area contributed by atoms with Gasteiger partial charge in [0.1, 0.15) is 11.6 Å². The smallest absolute Gasteiger partial charge is 0.131 e. The molecule has 1 saturated carbocycles. The lowest BCUT2D eigenvalue weighted by molar-refractivity contribution is 0.490. The molecule has 0 heterocycles. The van der Waals surface area contributed by atoms with Crippen LogP contribution in [0.5, 0.6) is 0 Å². The lowest BCUT2D eigenvalue weighted by atomic mass is 9.86. The van der Waals surface area contributed by atoms with E-state index in [1.165, 1.54) is 69.4 Å². The molecule has 0 radical (unpaired) electrons. The first-order chi connectivity index (χ1) is 19.5. The SMILES string of the molecule is C=C1CCC(C=Cc2ccc(-c3ccc(-c4ccc(CCCCCCCCCCC)c(F)c4)c(F)c3)cc2)CC1. The van der Waals surface area contributed by atoms with Gasteiger partial charge in [0.25, 0.3) is 0 Å². The van der Waals surface area contributed by atoms with Gasteiger partial charge in [-0.15, -0.1) is 0 Å². The van der Waals surface area contributed by atoms with E-state index in [0.29, 0.717) is 17.0 Å². The molecule has 1 aliphatic carbocycles. The van der Waals surface area contributed by atoms with Crippen LogP contribution in [0.25, 0.3) is 28.3 Å². The zero-order chi connectivity index (χ0) is 28.2. The third-order valence-corrected chi connectivity index (χ3v) is 8.43. The Kier molecular flexibility index (Phi) is 11.8. The minimum Gasteiger partial charge on any atom is -0.207 e. The number of allylic oxidation sites excluding steroid dienone is 2. The van der Waals surface area contributed by atoms with Crippen LogP contribution in [0.4, 0.5) is 8.78 Å². The molecular formula is C38H46F2. The van der Waals surface area contributed by atoms with Crippen molar-refractivity contribution in [1.29, 1.82) is 0 Å². The summed E-state index contributed by atoms with van der Waals surface area (Å²) in [5.74, 6) is 0.0643. The van der Waals surface area contributed by atoms with Crippen molar-refractivity contribution in [3.8, 4) is 22.3 Å². The number of unbranched alkanes of at least 4 members (excludes halogenated alkanes) is 8. The van der Waals surface area contributed by atoms with Crippen molar-refractivity contribution in [1.82, 2.24) is 0 Å². The first-order valence-corrected chi connectivity index (χ1v) is 15.6. The normalized spacial score (nSPS) is 14.3. The molecule has 0 unspecified atom stereocenters. The van der Waals surface area contributed by atoms with Crippen LogP contribution in [-0.4, -0.2) is 0 Å². The fourth-order valence-corrected chi connectivity index (χ4v) is 5.75. The van der Waals surface area contributed by atoms with Crippen molar-refractivity contribution >= 4 is 6.08 Å². The highest BCUT2D eigenvalue weighted by Gasteiger charge is 2.13. The molecule has 0 aromatic heterocycles. The van der Waals surface area contributed by atoms with Gasteiger partial charge in [0.15, 0.2) is 0 Å². The summed E-state index contributed by atoms with van der Waals surface area (Å²) in [5.41, 5.74) is 6.08. The highest BCUT2D eigenvalue weighted by molar-refractivity contribution is 5.72. The largest absolute Gasteiger partial charge is 0.207 e. The van der Waals surface area contributed by atoms with Crippen LogP contribution in [0.3, 0.4) is 0 Å². The summed E-state index contributed by atoms with van der Waals surface area (Å²) in [6, 6.07) is 18.7. The average molecular weight is 541 g/mol. The number of hydrogen-bond acceptors (Lipinski definition) is 0. The zero-order valence-corrected chi connectivity index (χ0v) is 24.4. The molecular weight excluding hydrogens is 494 g/mol. The Morgan fingerprint density at radius 1 is 0.700 bits per heavy atom. The van der Waals surface area contributed by atoms with E-state index in [4.69, 9.17) is 0 Å². The first-order valence-electron chi connectivity index (χ1n) is 15.6. The lowest BCUT2D eigenvalue weighted by Gasteiger charge is -2.20. The minimum absolute atomic E-state index is 0.234. The van der Waals surface area contributed by atoms with Gasteiger partial charge in [-0.1, -0.05) is 131 Å². The topological polar surface area (TPSA) is 0 Å². The van der Waals surface area contributed by atoms with E-state index in [-0.39, 0.29) is 11.6 Å². The molecule has 1 aliphatic rings. The Balaban J connectivity index is 1.29. The van der Waals surface area contributed by atoms with Crippen LogP contribution in [0, 0.1) is 17.6 Å². The van der Waals surface area contributed by atoms with Gasteiger partial charge in [-0.05, 0) is 84.4 Å². The Labute approximate surface area is 241 Å². The van der Waals surface area contributed by atoms with E-state index in [2.05, 4.69) is 37.8 Å². The van der Waals surface area contributed by atoms with Crippen LogP contribution in [-0.2, 0) is 6.42 Å². The van der Waals surface area contributed by atoms with Gasteiger partial charge in [0.2, 0.25) is 0 Å². The second-order valence-electron chi connectivity index (χ2n) is 11.6. The monoisotopic (exact) mass is 540 g/mol. The number of rotatable bonds is 14. The van der Waals surface area contributed by atoms with Gasteiger partial charge in [-0.2, -0.15) is 0 Å². The molecule has 0 nitrogen and oxygen atoms in total. The average Bonchev–Trinajstić information content (AvgIpc) is 2.97. The molecule has 4 rings (SSSR count). The van der Waals surface area contributed by atoms with Crippen molar-refractivity contribution in [2.75, 3.05) is 0 Å². The molecule has 0 aliphatic heterocycles. The van der Waals surface area contributed by atoms with Crippen molar-refractivity contribution in [3.63, 3.8) is 0 Å². The Morgan fingerprint density at radius 3 is 1.95 bits per heavy atom. The molecule has 0 N–H and O–H groups in total. The van der Waals surface area contributed by atoms with E-state index in [0.717, 1.165) is 54.4 Å². The number of halogens is 2. The Hall–Kier alpha value is -3.00. The first kappa shape index (κ1) is 30.0. The molecule has 40 heavy (non-hydrogen) atoms. The predicted molar refractivity (Wildman–Crippen MR) is 168 cm³/mol. The molecule has 3 aromatic rings. The van der Waals surface area contributed by atoms with Crippen molar-refractivity contribution in [2.24, 2.45) is 5.92 Å². The van der Waals surface area contributed by atoms with Crippen molar-refractivity contribution in [2.45, 2.75) is 96.8 Å². The second kappa shape index (κ2) is 15.7. The molecule has 0 amide bonds. The van der Waals surface area contributed by atoms with E-state index in [9.17, 15) is 4.39 Å². The fraction of sp³-hybridized carbons (Fsp3) is 0.421. The molecule has 2 heteroatoms. The summed E-state index contributed by atoms with van der Waals surface area (Å²) in [6.07, 6.45) is 21.1. The highest BCUT2D eigenvalue weighted by atomic mass is 19.1. The summed E-state index contributed by atoms with van der Waals surface area (Å²) < 4.78 is 30.0. The molecule has 0 saturated heterocycles. The standard InChI is InChI=1S/C38H46F2/c1-3-4-5-6-7-8-9-10-11-12-33-23-24-35(28-37(33)39)36-26-25-34(27-38(36)40)32-21-19-31(20-22-32)18-17-30-15-13-29(2)14-16-30/h17-28,30H,2-16H2,1H3. The summed E-state index contributed by atoms with van der Waals surface area (Å²) in [4.78, 5) is 0. The maximum Gasteiger partial charge on any atom is 0.131 e. The van der Waals surface area contributed by atoms with Gasteiger partial charge in [-0.25, -0.2) is 8.78 Å². The van der Waals surface area contributed by atoms with Crippen molar-refractivity contribution < 1.29 is 8.78 Å². The van der Waals surface area contributed by atoms with Gasteiger partial charge >= 0.3 is 0 Å². The summed E-state index contributed by atoms with van der Waals surface area (Å²) >= 11 is 0.